The molecule has 0 spiro atoms. The molecule has 2 unspecified atom stereocenters. The van der Waals surface area contributed by atoms with E-state index in [2.05, 4.69) is 79.4 Å². The van der Waals surface area contributed by atoms with Gasteiger partial charge in [0.15, 0.2) is 0 Å². The molecule has 0 saturated heterocycles. The van der Waals surface area contributed by atoms with E-state index in [4.69, 9.17) is 9.47 Å². The minimum atomic E-state index is -1.05. The Bertz CT molecular complexity index is 1990. The van der Waals surface area contributed by atoms with Crippen LogP contribution in [0.25, 0.3) is 22.5 Å². The van der Waals surface area contributed by atoms with Gasteiger partial charge < -0.3 is 9.47 Å². The molecule has 9 rings (SSSR count). The van der Waals surface area contributed by atoms with E-state index < -0.39 is 11.2 Å². The van der Waals surface area contributed by atoms with E-state index in [1.54, 1.807) is 0 Å². The number of para-hydroxylation sites is 2. The molecule has 2 atom stereocenters. The maximum absolute atomic E-state index is 6.98. The van der Waals surface area contributed by atoms with E-state index in [-0.39, 0.29) is 0 Å². The van der Waals surface area contributed by atoms with Crippen molar-refractivity contribution in [2.45, 2.75) is 11.2 Å². The topological polar surface area (TPSA) is 102 Å². The van der Waals surface area contributed by atoms with Gasteiger partial charge in [0, 0.05) is 33.4 Å². The number of fused-ring (bicyclic) bond motifs is 6. The van der Waals surface area contributed by atoms with E-state index in [1.807, 2.05) is 84.9 Å². The van der Waals surface area contributed by atoms with Gasteiger partial charge in [0.05, 0.1) is 0 Å². The van der Waals surface area contributed by atoms with Gasteiger partial charge in [-0.15, -0.1) is 0 Å². The molecular formula is C36H24N6O2. The van der Waals surface area contributed by atoms with Crippen LogP contribution in [0.3, 0.4) is 0 Å². The first-order valence-electron chi connectivity index (χ1n) is 14.4. The normalized spacial score (nSPS) is 19.5. The molecule has 2 aliphatic rings. The number of aromatic amines is 2. The minimum Gasteiger partial charge on any atom is -0.470 e. The molecule has 210 valence electrons. The number of benzene rings is 5. The molecule has 0 amide bonds. The first-order chi connectivity index (χ1) is 21.8. The zero-order chi connectivity index (χ0) is 29.1. The number of rotatable bonds is 4. The van der Waals surface area contributed by atoms with E-state index >= 15 is 0 Å². The summed E-state index contributed by atoms with van der Waals surface area (Å²) in [6.07, 6.45) is 0. The molecule has 0 fully saturated rings. The van der Waals surface area contributed by atoms with Gasteiger partial charge in [-0.3, -0.25) is 0 Å². The lowest BCUT2D eigenvalue weighted by Crippen LogP contribution is -2.40. The maximum atomic E-state index is 6.98. The Morgan fingerprint density at radius 1 is 0.386 bits per heavy atom. The average molecular weight is 573 g/mol. The Morgan fingerprint density at radius 3 is 1.18 bits per heavy atom. The van der Waals surface area contributed by atoms with Crippen LogP contribution in [0, 0.1) is 0 Å². The summed E-state index contributed by atoms with van der Waals surface area (Å²) in [5.41, 5.74) is 6.32. The average Bonchev–Trinajstić information content (AvgIpc) is 3.80. The van der Waals surface area contributed by atoms with Crippen molar-refractivity contribution in [1.82, 2.24) is 30.8 Å². The first-order valence-corrected chi connectivity index (χ1v) is 14.4. The van der Waals surface area contributed by atoms with Gasteiger partial charge in [-0.2, -0.15) is 30.8 Å². The molecule has 0 bridgehead atoms. The molecule has 4 heterocycles. The van der Waals surface area contributed by atoms with Crippen LogP contribution in [0.4, 0.5) is 0 Å². The first kappa shape index (κ1) is 24.6. The van der Waals surface area contributed by atoms with E-state index in [0.717, 1.165) is 56.3 Å². The van der Waals surface area contributed by atoms with Gasteiger partial charge in [-0.1, -0.05) is 109 Å². The highest BCUT2D eigenvalue weighted by molar-refractivity contribution is 5.76. The smallest absolute Gasteiger partial charge is 0.205 e. The molecule has 2 N–H and O–H groups in total. The summed E-state index contributed by atoms with van der Waals surface area (Å²) in [5, 5.41) is 24.2. The van der Waals surface area contributed by atoms with Crippen LogP contribution in [-0.4, -0.2) is 30.8 Å². The quantitative estimate of drug-likeness (QED) is 0.246. The molecule has 0 aliphatic carbocycles. The third-order valence-corrected chi connectivity index (χ3v) is 8.63. The van der Waals surface area contributed by atoms with Gasteiger partial charge in [0.25, 0.3) is 0 Å². The summed E-state index contributed by atoms with van der Waals surface area (Å²) in [7, 11) is 0. The Labute approximate surface area is 252 Å². The third-order valence-electron chi connectivity index (χ3n) is 8.63. The highest BCUT2D eigenvalue weighted by Gasteiger charge is 2.50. The second-order valence-corrected chi connectivity index (χ2v) is 10.9. The lowest BCUT2D eigenvalue weighted by molar-refractivity contribution is 0.143. The van der Waals surface area contributed by atoms with E-state index in [0.29, 0.717) is 11.4 Å². The fourth-order valence-electron chi connectivity index (χ4n) is 6.66. The Kier molecular flexibility index (Phi) is 5.16. The van der Waals surface area contributed by atoms with Crippen LogP contribution < -0.4 is 9.47 Å². The molecule has 0 radical (unpaired) electrons. The van der Waals surface area contributed by atoms with Gasteiger partial charge in [-0.25, -0.2) is 0 Å². The Hall–Kier alpha value is -6.02. The summed E-state index contributed by atoms with van der Waals surface area (Å²) >= 11 is 0. The Morgan fingerprint density at radius 2 is 0.750 bits per heavy atom. The largest absolute Gasteiger partial charge is 0.470 e. The van der Waals surface area contributed by atoms with Crippen molar-refractivity contribution in [3.05, 3.63) is 167 Å². The number of hydrogen-bond acceptors (Lipinski definition) is 6. The molecule has 7 aromatic rings. The summed E-state index contributed by atoms with van der Waals surface area (Å²) in [6, 6.07) is 44.5. The van der Waals surface area contributed by atoms with Crippen LogP contribution in [0.2, 0.25) is 0 Å². The van der Waals surface area contributed by atoms with E-state index in [1.165, 1.54) is 0 Å². The van der Waals surface area contributed by atoms with Crippen molar-refractivity contribution in [3.63, 3.8) is 0 Å². The number of nitrogens with one attached hydrogen (secondary N) is 2. The Balaban J connectivity index is 1.27. The third kappa shape index (κ3) is 3.27. The predicted octanol–water partition coefficient (Wildman–Crippen LogP) is 6.63. The van der Waals surface area contributed by atoms with Crippen LogP contribution in [0.5, 0.6) is 11.5 Å². The lowest BCUT2D eigenvalue weighted by Gasteiger charge is -2.39. The van der Waals surface area contributed by atoms with Gasteiger partial charge >= 0.3 is 0 Å². The van der Waals surface area contributed by atoms with Crippen molar-refractivity contribution < 1.29 is 9.47 Å². The summed E-state index contributed by atoms with van der Waals surface area (Å²) in [5.74, 6) is 1.48. The number of H-pyrrole nitrogens is 2. The minimum absolute atomic E-state index is 0.703. The fourth-order valence-corrected chi connectivity index (χ4v) is 6.66. The summed E-state index contributed by atoms with van der Waals surface area (Å²) in [6.45, 7) is 0. The van der Waals surface area contributed by atoms with Crippen molar-refractivity contribution in [1.29, 1.82) is 0 Å². The fraction of sp³-hybridized carbons (Fsp3) is 0.0556. The number of hydrogen-bond donors (Lipinski definition) is 2. The van der Waals surface area contributed by atoms with Gasteiger partial charge in [0.1, 0.15) is 34.3 Å². The van der Waals surface area contributed by atoms with Gasteiger partial charge in [-0.05, 0) is 24.3 Å². The molecular weight excluding hydrogens is 548 g/mol. The van der Waals surface area contributed by atoms with Crippen molar-refractivity contribution in [3.8, 4) is 34.0 Å². The van der Waals surface area contributed by atoms with Crippen LogP contribution in [-0.2, 0) is 11.2 Å². The van der Waals surface area contributed by atoms with Crippen molar-refractivity contribution >= 4 is 0 Å². The molecule has 44 heavy (non-hydrogen) atoms. The zero-order valence-corrected chi connectivity index (χ0v) is 23.3. The number of ether oxygens (including phenoxy) is 2. The maximum Gasteiger partial charge on any atom is 0.205 e. The molecule has 2 aromatic heterocycles. The van der Waals surface area contributed by atoms with Crippen LogP contribution >= 0.6 is 0 Å². The highest BCUT2D eigenvalue weighted by Crippen LogP contribution is 2.52. The monoisotopic (exact) mass is 572 g/mol. The standard InChI is InChI=1S/C36H24N6O2/c1-3-11-23(12-4-1)35(33-31(37-41-39-33)27-15-7-9-17-29(27)43-35)25-19-21-26(22-20-25)36(24-13-5-2-6-14-24)34-32(38-42-40-34)28-16-8-10-18-30(28)44-36/h1-22H,(H,37,39,41)(H,38,40,42). The molecule has 8 heteroatoms. The van der Waals surface area contributed by atoms with Crippen molar-refractivity contribution in [2.24, 2.45) is 0 Å². The molecule has 5 aromatic carbocycles. The van der Waals surface area contributed by atoms with Crippen LogP contribution in [0.1, 0.15) is 33.6 Å². The summed E-state index contributed by atoms with van der Waals surface area (Å²) in [4.78, 5) is 0. The predicted molar refractivity (Wildman–Crippen MR) is 164 cm³/mol. The number of aromatic nitrogens is 6. The highest BCUT2D eigenvalue weighted by atomic mass is 16.5. The second kappa shape index (κ2) is 9.24. The lowest BCUT2D eigenvalue weighted by atomic mass is 9.76. The number of nitrogens with zero attached hydrogens (tertiary/aromatic N) is 4. The molecule has 8 nitrogen and oxygen atoms in total. The van der Waals surface area contributed by atoms with Gasteiger partial charge in [0.2, 0.25) is 11.2 Å². The molecule has 2 aliphatic heterocycles. The van der Waals surface area contributed by atoms with Crippen LogP contribution in [0.15, 0.2) is 133 Å². The molecule has 0 saturated carbocycles. The second-order valence-electron chi connectivity index (χ2n) is 10.9. The van der Waals surface area contributed by atoms with Crippen molar-refractivity contribution in [2.75, 3.05) is 0 Å². The zero-order valence-electron chi connectivity index (χ0n) is 23.3. The van der Waals surface area contributed by atoms with E-state index in [9.17, 15) is 0 Å². The summed E-state index contributed by atoms with van der Waals surface area (Å²) < 4.78 is 14.0. The SMILES string of the molecule is c1ccc(C2(c3ccc(C4(c5ccccc5)Oc5ccccc5-c5n[nH]nc54)cc3)Oc3ccccc3-c3n[nH]nc32)cc1.